The molecule has 0 aliphatic carbocycles. The number of rotatable bonds is 8. The number of sulfonamides is 1. The predicted molar refractivity (Wildman–Crippen MR) is 139 cm³/mol. The zero-order valence-corrected chi connectivity index (χ0v) is 22.0. The molecule has 3 aromatic rings. The largest absolute Gasteiger partial charge is 0.497 e. The van der Waals surface area contributed by atoms with Gasteiger partial charge in [-0.2, -0.15) is 5.10 Å². The molecule has 0 N–H and O–H groups in total. The Morgan fingerprint density at radius 2 is 1.64 bits per heavy atom. The quantitative estimate of drug-likeness (QED) is 0.462. The Labute approximate surface area is 212 Å². The molecule has 0 unspecified atom stereocenters. The molecule has 1 saturated heterocycles. The normalized spacial score (nSPS) is 14.6. The fourth-order valence-corrected chi connectivity index (χ4v) is 6.34. The van der Waals surface area contributed by atoms with Crippen LogP contribution in [0.25, 0.3) is 0 Å². The van der Waals surface area contributed by atoms with E-state index in [0.29, 0.717) is 35.9 Å². The molecule has 0 atom stereocenters. The van der Waals surface area contributed by atoms with Crippen molar-refractivity contribution in [1.29, 1.82) is 0 Å². The molecule has 1 fully saturated rings. The van der Waals surface area contributed by atoms with E-state index in [1.54, 1.807) is 61.9 Å². The van der Waals surface area contributed by atoms with Crippen LogP contribution in [0.1, 0.15) is 17.0 Å². The molecular formula is C26H33N5O4S. The Kier molecular flexibility index (Phi) is 7.65. The van der Waals surface area contributed by atoms with Crippen molar-refractivity contribution in [2.75, 3.05) is 44.1 Å². The molecular weight excluding hydrogens is 478 g/mol. The molecule has 2 aromatic carbocycles. The van der Waals surface area contributed by atoms with Crippen molar-refractivity contribution in [2.45, 2.75) is 25.3 Å². The highest BCUT2D eigenvalue weighted by Crippen LogP contribution is 2.29. The number of amides is 1. The van der Waals surface area contributed by atoms with Crippen LogP contribution in [0.4, 0.5) is 5.69 Å². The fourth-order valence-electron chi connectivity index (χ4n) is 4.52. The maximum Gasteiger partial charge on any atom is 0.268 e. The number of benzene rings is 2. The number of ether oxygens (including phenoxy) is 1. The van der Waals surface area contributed by atoms with E-state index in [0.717, 1.165) is 19.6 Å². The number of carbonyl (C=O) groups excluding carboxylic acids is 1. The van der Waals surface area contributed by atoms with Crippen molar-refractivity contribution in [1.82, 2.24) is 19.6 Å². The summed E-state index contributed by atoms with van der Waals surface area (Å²) in [7, 11) is -0.792. The molecule has 10 heteroatoms. The maximum absolute atomic E-state index is 13.9. The van der Waals surface area contributed by atoms with Gasteiger partial charge >= 0.3 is 0 Å². The van der Waals surface area contributed by atoms with E-state index in [9.17, 15) is 13.2 Å². The fraction of sp³-hybridized carbons (Fsp3) is 0.385. The van der Waals surface area contributed by atoms with Crippen molar-refractivity contribution in [3.8, 4) is 5.75 Å². The number of aromatic nitrogens is 2. The van der Waals surface area contributed by atoms with Crippen LogP contribution in [-0.2, 0) is 28.4 Å². The van der Waals surface area contributed by atoms with Gasteiger partial charge in [0.2, 0.25) is 5.91 Å². The summed E-state index contributed by atoms with van der Waals surface area (Å²) in [4.78, 5) is 17.6. The third kappa shape index (κ3) is 5.39. The minimum Gasteiger partial charge on any atom is -0.497 e. The Hall–Kier alpha value is -3.37. The molecule has 0 radical (unpaired) electrons. The summed E-state index contributed by atoms with van der Waals surface area (Å²) >= 11 is 0. The number of piperazine rings is 1. The number of anilines is 1. The van der Waals surface area contributed by atoms with Crippen LogP contribution < -0.4 is 9.04 Å². The van der Waals surface area contributed by atoms with Gasteiger partial charge in [0.15, 0.2) is 0 Å². The second-order valence-corrected chi connectivity index (χ2v) is 10.8. The van der Waals surface area contributed by atoms with Crippen molar-refractivity contribution in [2.24, 2.45) is 7.05 Å². The monoisotopic (exact) mass is 511 g/mol. The van der Waals surface area contributed by atoms with Gasteiger partial charge in [0, 0.05) is 39.8 Å². The summed E-state index contributed by atoms with van der Waals surface area (Å²) in [6, 6.07) is 16.9. The standard InChI is InChI=1S/C26H33N5O4S/c1-20-26(21(2)28(3)27-20)36(33,34)31(23-10-12-24(35-4)13-11-23)19-25(32)30-16-14-29(15-17-30)18-22-8-6-5-7-9-22/h5-13H,14-19H2,1-4H3. The number of methoxy groups -OCH3 is 1. The minimum atomic E-state index is -4.05. The molecule has 0 spiro atoms. The van der Waals surface area contributed by atoms with Gasteiger partial charge in [-0.15, -0.1) is 0 Å². The molecule has 1 aromatic heterocycles. The predicted octanol–water partition coefficient (Wildman–Crippen LogP) is 2.59. The number of aryl methyl sites for hydroxylation is 2. The van der Waals surface area contributed by atoms with Gasteiger partial charge in [-0.05, 0) is 43.7 Å². The van der Waals surface area contributed by atoms with Gasteiger partial charge in [0.05, 0.1) is 24.2 Å². The van der Waals surface area contributed by atoms with E-state index >= 15 is 0 Å². The lowest BCUT2D eigenvalue weighted by Gasteiger charge is -2.36. The highest BCUT2D eigenvalue weighted by atomic mass is 32.2. The summed E-state index contributed by atoms with van der Waals surface area (Å²) < 4.78 is 35.7. The molecule has 1 aliphatic rings. The number of hydrogen-bond donors (Lipinski definition) is 0. The van der Waals surface area contributed by atoms with Crippen molar-refractivity contribution >= 4 is 21.6 Å². The Morgan fingerprint density at radius 3 is 2.19 bits per heavy atom. The molecule has 4 rings (SSSR count). The van der Waals surface area contributed by atoms with Gasteiger partial charge in [-0.3, -0.25) is 18.7 Å². The first-order valence-corrected chi connectivity index (χ1v) is 13.4. The first kappa shape index (κ1) is 25.7. The second-order valence-electron chi connectivity index (χ2n) is 8.98. The van der Waals surface area contributed by atoms with Crippen LogP contribution in [0.2, 0.25) is 0 Å². The van der Waals surface area contributed by atoms with Crippen LogP contribution in [0.5, 0.6) is 5.75 Å². The molecule has 9 nitrogen and oxygen atoms in total. The summed E-state index contributed by atoms with van der Waals surface area (Å²) in [6.07, 6.45) is 0. The second kappa shape index (κ2) is 10.7. The van der Waals surface area contributed by atoms with Gasteiger partial charge < -0.3 is 9.64 Å². The lowest BCUT2D eigenvalue weighted by molar-refractivity contribution is -0.131. The summed E-state index contributed by atoms with van der Waals surface area (Å²) in [6.45, 7) is 6.48. The van der Waals surface area contributed by atoms with Crippen molar-refractivity contribution in [3.63, 3.8) is 0 Å². The van der Waals surface area contributed by atoms with Crippen LogP contribution in [0, 0.1) is 13.8 Å². The SMILES string of the molecule is COc1ccc(N(CC(=O)N2CCN(Cc3ccccc3)CC2)S(=O)(=O)c2c(C)nn(C)c2C)cc1. The third-order valence-electron chi connectivity index (χ3n) is 6.60. The third-order valence-corrected chi connectivity index (χ3v) is 8.63. The van der Waals surface area contributed by atoms with E-state index in [4.69, 9.17) is 4.74 Å². The van der Waals surface area contributed by atoms with Crippen LogP contribution >= 0.6 is 0 Å². The van der Waals surface area contributed by atoms with Gasteiger partial charge in [0.1, 0.15) is 17.2 Å². The molecule has 1 aliphatic heterocycles. The number of hydrogen-bond acceptors (Lipinski definition) is 6. The van der Waals surface area contributed by atoms with Crippen LogP contribution in [-0.4, -0.2) is 73.7 Å². The zero-order valence-electron chi connectivity index (χ0n) is 21.2. The van der Waals surface area contributed by atoms with E-state index in [1.165, 1.54) is 9.87 Å². The Bertz CT molecular complexity index is 1300. The lowest BCUT2D eigenvalue weighted by Crippen LogP contribution is -2.51. The molecule has 1 amide bonds. The topological polar surface area (TPSA) is 88.0 Å². The van der Waals surface area contributed by atoms with Gasteiger partial charge in [-0.1, -0.05) is 30.3 Å². The van der Waals surface area contributed by atoms with Crippen molar-refractivity contribution in [3.05, 3.63) is 71.5 Å². The van der Waals surface area contributed by atoms with Crippen LogP contribution in [0.3, 0.4) is 0 Å². The molecule has 192 valence electrons. The average molecular weight is 512 g/mol. The highest BCUT2D eigenvalue weighted by Gasteiger charge is 2.34. The lowest BCUT2D eigenvalue weighted by atomic mass is 10.2. The van der Waals surface area contributed by atoms with E-state index < -0.39 is 10.0 Å². The molecule has 36 heavy (non-hydrogen) atoms. The van der Waals surface area contributed by atoms with E-state index in [-0.39, 0.29) is 17.3 Å². The molecule has 2 heterocycles. The van der Waals surface area contributed by atoms with Crippen LogP contribution in [0.15, 0.2) is 59.5 Å². The summed E-state index contributed by atoms with van der Waals surface area (Å²) in [5.41, 5.74) is 2.55. The van der Waals surface area contributed by atoms with Gasteiger partial charge in [0.25, 0.3) is 10.0 Å². The maximum atomic E-state index is 13.9. The number of nitrogens with zero attached hydrogens (tertiary/aromatic N) is 5. The summed E-state index contributed by atoms with van der Waals surface area (Å²) in [5.74, 6) is 0.374. The summed E-state index contributed by atoms with van der Waals surface area (Å²) in [5, 5.41) is 4.28. The molecule has 0 saturated carbocycles. The van der Waals surface area contributed by atoms with Crippen molar-refractivity contribution < 1.29 is 17.9 Å². The first-order chi connectivity index (χ1) is 17.2. The Balaban J connectivity index is 1.54. The minimum absolute atomic E-state index is 0.126. The Morgan fingerprint density at radius 1 is 1.00 bits per heavy atom. The van der Waals surface area contributed by atoms with E-state index in [1.807, 2.05) is 18.2 Å². The number of carbonyl (C=O) groups is 1. The highest BCUT2D eigenvalue weighted by molar-refractivity contribution is 7.93. The average Bonchev–Trinajstić information content (AvgIpc) is 3.14. The molecule has 0 bridgehead atoms. The zero-order chi connectivity index (χ0) is 25.9. The van der Waals surface area contributed by atoms with Gasteiger partial charge in [-0.25, -0.2) is 8.42 Å². The first-order valence-electron chi connectivity index (χ1n) is 11.9. The van der Waals surface area contributed by atoms with E-state index in [2.05, 4.69) is 22.1 Å². The smallest absolute Gasteiger partial charge is 0.268 e.